The quantitative estimate of drug-likeness (QED) is 0.762. The Labute approximate surface area is 175 Å². The highest BCUT2D eigenvalue weighted by Gasteiger charge is 2.31. The molecule has 30 heavy (non-hydrogen) atoms. The molecule has 2 aliphatic heterocycles. The lowest BCUT2D eigenvalue weighted by Gasteiger charge is -2.29. The van der Waals surface area contributed by atoms with E-state index in [9.17, 15) is 9.59 Å². The molecule has 0 spiro atoms. The molecule has 1 fully saturated rings. The fourth-order valence-corrected chi connectivity index (χ4v) is 3.59. The number of rotatable bonds is 5. The number of amides is 1. The van der Waals surface area contributed by atoms with Gasteiger partial charge in [-0.15, -0.1) is 0 Å². The normalized spacial score (nSPS) is 19.0. The van der Waals surface area contributed by atoms with E-state index < -0.39 is 24.1 Å². The van der Waals surface area contributed by atoms with E-state index in [2.05, 4.69) is 10.2 Å². The maximum Gasteiger partial charge on any atom is 0.351 e. The topological polar surface area (TPSA) is 77.1 Å². The highest BCUT2D eigenvalue weighted by Crippen LogP contribution is 2.31. The second-order valence-corrected chi connectivity index (χ2v) is 7.53. The van der Waals surface area contributed by atoms with Crippen LogP contribution in [0.1, 0.15) is 26.2 Å². The highest BCUT2D eigenvalue weighted by atomic mass is 16.6. The zero-order chi connectivity index (χ0) is 20.9. The van der Waals surface area contributed by atoms with Crippen LogP contribution in [0.15, 0.2) is 48.5 Å². The molecule has 0 radical (unpaired) electrons. The van der Waals surface area contributed by atoms with Crippen molar-refractivity contribution in [1.29, 1.82) is 0 Å². The number of benzene rings is 2. The first-order valence-corrected chi connectivity index (χ1v) is 10.3. The molecule has 2 aliphatic rings. The van der Waals surface area contributed by atoms with Gasteiger partial charge in [0.2, 0.25) is 6.10 Å². The van der Waals surface area contributed by atoms with Gasteiger partial charge in [-0.3, -0.25) is 4.79 Å². The smallest absolute Gasteiger partial charge is 0.351 e. The van der Waals surface area contributed by atoms with Crippen molar-refractivity contribution < 1.29 is 23.8 Å². The molecular formula is C23H26N2O5. The maximum absolute atomic E-state index is 12.4. The molecule has 7 heteroatoms. The molecule has 0 bridgehead atoms. The summed E-state index contributed by atoms with van der Waals surface area (Å²) in [6.45, 7) is 3.71. The van der Waals surface area contributed by atoms with Gasteiger partial charge in [0.05, 0.1) is 0 Å². The van der Waals surface area contributed by atoms with Crippen LogP contribution >= 0.6 is 0 Å². The number of carbonyl (C=O) groups excluding carboxylic acids is 2. The summed E-state index contributed by atoms with van der Waals surface area (Å²) in [5, 5.41) is 2.79. The average Bonchev–Trinajstić information content (AvgIpc) is 2.79. The Bertz CT molecular complexity index is 893. The number of carbonyl (C=O) groups is 2. The van der Waals surface area contributed by atoms with Gasteiger partial charge in [0.15, 0.2) is 17.6 Å². The summed E-state index contributed by atoms with van der Waals surface area (Å²) in [4.78, 5) is 27.2. The molecule has 7 nitrogen and oxygen atoms in total. The zero-order valence-electron chi connectivity index (χ0n) is 17.0. The first kappa shape index (κ1) is 20.1. The van der Waals surface area contributed by atoms with E-state index in [1.807, 2.05) is 30.3 Å². The zero-order valence-corrected chi connectivity index (χ0v) is 17.0. The third-order valence-corrected chi connectivity index (χ3v) is 5.29. The van der Waals surface area contributed by atoms with Crippen molar-refractivity contribution in [1.82, 2.24) is 0 Å². The Kier molecular flexibility index (Phi) is 6.07. The minimum absolute atomic E-state index is 0.0438. The van der Waals surface area contributed by atoms with E-state index in [1.54, 1.807) is 18.2 Å². The minimum Gasteiger partial charge on any atom is -0.485 e. The van der Waals surface area contributed by atoms with Crippen LogP contribution in [-0.2, 0) is 14.3 Å². The monoisotopic (exact) mass is 410 g/mol. The molecule has 0 unspecified atom stereocenters. The third kappa shape index (κ3) is 4.67. The number of para-hydroxylation sites is 2. The molecule has 0 aliphatic carbocycles. The van der Waals surface area contributed by atoms with Crippen LogP contribution < -0.4 is 19.7 Å². The fourth-order valence-electron chi connectivity index (χ4n) is 3.59. The number of nitrogens with zero attached hydrogens (tertiary/aromatic N) is 1. The van der Waals surface area contributed by atoms with Gasteiger partial charge in [-0.2, -0.15) is 0 Å². The van der Waals surface area contributed by atoms with Crippen LogP contribution in [0, 0.1) is 0 Å². The van der Waals surface area contributed by atoms with Gasteiger partial charge in [0.25, 0.3) is 5.91 Å². The first-order valence-electron chi connectivity index (χ1n) is 10.3. The lowest BCUT2D eigenvalue weighted by Crippen LogP contribution is -2.41. The predicted octanol–water partition coefficient (Wildman–Crippen LogP) is 3.39. The Morgan fingerprint density at radius 3 is 2.47 bits per heavy atom. The molecule has 2 aromatic rings. The Morgan fingerprint density at radius 2 is 1.73 bits per heavy atom. The van der Waals surface area contributed by atoms with E-state index in [0.717, 1.165) is 18.8 Å². The van der Waals surface area contributed by atoms with Crippen LogP contribution in [0.2, 0.25) is 0 Å². The van der Waals surface area contributed by atoms with Crippen molar-refractivity contribution in [2.75, 3.05) is 29.9 Å². The van der Waals surface area contributed by atoms with Crippen molar-refractivity contribution in [3.63, 3.8) is 0 Å². The van der Waals surface area contributed by atoms with Crippen molar-refractivity contribution in [2.24, 2.45) is 0 Å². The molecule has 2 atom stereocenters. The third-order valence-electron chi connectivity index (χ3n) is 5.29. The van der Waals surface area contributed by atoms with E-state index in [0.29, 0.717) is 17.2 Å². The number of ether oxygens (including phenoxy) is 3. The van der Waals surface area contributed by atoms with Crippen molar-refractivity contribution in [3.8, 4) is 11.5 Å². The van der Waals surface area contributed by atoms with E-state index in [-0.39, 0.29) is 6.61 Å². The average molecular weight is 410 g/mol. The highest BCUT2D eigenvalue weighted by molar-refractivity contribution is 5.95. The molecule has 1 amide bonds. The summed E-state index contributed by atoms with van der Waals surface area (Å²) in [5.41, 5.74) is 1.82. The second kappa shape index (κ2) is 9.07. The molecule has 0 aromatic heterocycles. The largest absolute Gasteiger partial charge is 0.485 e. The standard InChI is InChI=1S/C23H26N2O5/c1-16(29-23(27)21-15-28-19-7-3-4-8-20(19)30-21)22(26)24-17-9-11-18(12-10-17)25-13-5-2-6-14-25/h3-4,7-12,16,21H,2,5-6,13-15H2,1H3,(H,24,26)/t16-,21-/m0/s1. The summed E-state index contributed by atoms with van der Waals surface area (Å²) in [7, 11) is 0. The number of nitrogens with one attached hydrogen (secondary N) is 1. The van der Waals surface area contributed by atoms with Crippen LogP contribution in [0.25, 0.3) is 0 Å². The van der Waals surface area contributed by atoms with Gasteiger partial charge >= 0.3 is 5.97 Å². The number of fused-ring (bicyclic) bond motifs is 1. The predicted molar refractivity (Wildman–Crippen MR) is 113 cm³/mol. The van der Waals surface area contributed by atoms with Crippen molar-refractivity contribution in [3.05, 3.63) is 48.5 Å². The van der Waals surface area contributed by atoms with E-state index >= 15 is 0 Å². The summed E-state index contributed by atoms with van der Waals surface area (Å²) >= 11 is 0. The molecule has 1 N–H and O–H groups in total. The molecule has 2 aromatic carbocycles. The van der Waals surface area contributed by atoms with Crippen LogP contribution in [0.4, 0.5) is 11.4 Å². The Hall–Kier alpha value is -3.22. The van der Waals surface area contributed by atoms with Crippen LogP contribution in [0.5, 0.6) is 11.5 Å². The number of anilines is 2. The molecule has 158 valence electrons. The molecular weight excluding hydrogens is 384 g/mol. The summed E-state index contributed by atoms with van der Waals surface area (Å²) in [6, 6.07) is 14.8. The van der Waals surface area contributed by atoms with E-state index in [4.69, 9.17) is 14.2 Å². The summed E-state index contributed by atoms with van der Waals surface area (Å²) < 4.78 is 16.4. The number of piperidine rings is 1. The van der Waals surface area contributed by atoms with E-state index in [1.165, 1.54) is 26.2 Å². The summed E-state index contributed by atoms with van der Waals surface area (Å²) in [6.07, 6.45) is 1.84. The van der Waals surface area contributed by atoms with Gasteiger partial charge in [0, 0.05) is 24.5 Å². The Morgan fingerprint density at radius 1 is 1.03 bits per heavy atom. The summed E-state index contributed by atoms with van der Waals surface area (Å²) in [5.74, 6) is 0.0377. The maximum atomic E-state index is 12.4. The molecule has 4 rings (SSSR count). The van der Waals surface area contributed by atoms with Gasteiger partial charge in [-0.1, -0.05) is 12.1 Å². The lowest BCUT2D eigenvalue weighted by molar-refractivity contribution is -0.162. The van der Waals surface area contributed by atoms with Gasteiger partial charge in [-0.05, 0) is 62.6 Å². The van der Waals surface area contributed by atoms with Gasteiger partial charge < -0.3 is 24.4 Å². The van der Waals surface area contributed by atoms with Gasteiger partial charge in [-0.25, -0.2) is 4.79 Å². The second-order valence-electron chi connectivity index (χ2n) is 7.53. The van der Waals surface area contributed by atoms with Crippen LogP contribution in [-0.4, -0.2) is 43.8 Å². The SMILES string of the molecule is C[C@H](OC(=O)[C@@H]1COc2ccccc2O1)C(=O)Nc1ccc(N2CCCCC2)cc1. The van der Waals surface area contributed by atoms with Crippen molar-refractivity contribution in [2.45, 2.75) is 38.4 Å². The van der Waals surface area contributed by atoms with Crippen LogP contribution in [0.3, 0.4) is 0 Å². The molecule has 0 saturated carbocycles. The minimum atomic E-state index is -0.958. The Balaban J connectivity index is 1.29. The molecule has 2 heterocycles. The number of esters is 1. The van der Waals surface area contributed by atoms with Crippen molar-refractivity contribution >= 4 is 23.3 Å². The molecule has 1 saturated heterocycles. The van der Waals surface area contributed by atoms with Gasteiger partial charge in [0.1, 0.15) is 6.61 Å². The lowest BCUT2D eigenvalue weighted by atomic mass is 10.1. The first-order chi connectivity index (χ1) is 14.6. The number of hydrogen-bond donors (Lipinski definition) is 1. The fraction of sp³-hybridized carbons (Fsp3) is 0.391. The number of hydrogen-bond acceptors (Lipinski definition) is 6.